The normalized spacial score (nSPS) is 17.4. The summed E-state index contributed by atoms with van der Waals surface area (Å²) in [6.45, 7) is 0.808. The predicted molar refractivity (Wildman–Crippen MR) is 119 cm³/mol. The van der Waals surface area contributed by atoms with E-state index >= 15 is 0 Å². The summed E-state index contributed by atoms with van der Waals surface area (Å²) in [7, 11) is 0. The minimum Gasteiger partial charge on any atom is -0.755 e. The zero-order valence-corrected chi connectivity index (χ0v) is 17.5. The molecule has 1 fully saturated rings. The molecule has 8 nitrogen and oxygen atoms in total. The molecular formula is C20H20N5O3S2-. The van der Waals surface area contributed by atoms with E-state index in [4.69, 9.17) is 16.9 Å². The second-order valence-electron chi connectivity index (χ2n) is 7.13. The first-order chi connectivity index (χ1) is 14.3. The van der Waals surface area contributed by atoms with Crippen LogP contribution in [0.25, 0.3) is 10.8 Å². The Morgan fingerprint density at radius 3 is 2.70 bits per heavy atom. The van der Waals surface area contributed by atoms with E-state index in [1.807, 2.05) is 17.5 Å². The van der Waals surface area contributed by atoms with E-state index in [0.29, 0.717) is 35.8 Å². The van der Waals surface area contributed by atoms with Gasteiger partial charge in [-0.1, -0.05) is 12.1 Å². The first-order valence-electron chi connectivity index (χ1n) is 9.22. The van der Waals surface area contributed by atoms with Gasteiger partial charge in [0.2, 0.25) is 5.91 Å². The quantitative estimate of drug-likeness (QED) is 0.232. The van der Waals surface area contributed by atoms with Crippen LogP contribution in [0.5, 0.6) is 0 Å². The summed E-state index contributed by atoms with van der Waals surface area (Å²) >= 11 is -1.26. The highest BCUT2D eigenvalue weighted by Crippen LogP contribution is 2.30. The number of anilines is 2. The minimum absolute atomic E-state index is 0.0112. The van der Waals surface area contributed by atoms with E-state index in [9.17, 15) is 13.6 Å². The van der Waals surface area contributed by atoms with Crippen LogP contribution in [0.1, 0.15) is 16.9 Å². The maximum Gasteiger partial charge on any atom is 0.246 e. The molecule has 2 unspecified atom stereocenters. The lowest BCUT2D eigenvalue weighted by Crippen LogP contribution is -2.42. The van der Waals surface area contributed by atoms with Gasteiger partial charge in [0.05, 0.1) is 4.88 Å². The van der Waals surface area contributed by atoms with Crippen LogP contribution in [0.15, 0.2) is 47.8 Å². The maximum atomic E-state index is 13.0. The number of amides is 1. The van der Waals surface area contributed by atoms with Crippen molar-refractivity contribution in [1.29, 1.82) is 5.41 Å². The number of hydrogen-bond acceptors (Lipinski definition) is 6. The van der Waals surface area contributed by atoms with Gasteiger partial charge in [-0.05, 0) is 58.5 Å². The number of carbonyl (C=O) groups is 1. The topological polar surface area (TPSA) is 140 Å². The Balaban J connectivity index is 1.57. The first kappa shape index (κ1) is 20.3. The Labute approximate surface area is 180 Å². The Morgan fingerprint density at radius 2 is 2.00 bits per heavy atom. The Morgan fingerprint density at radius 1 is 1.27 bits per heavy atom. The van der Waals surface area contributed by atoms with Crippen molar-refractivity contribution >= 4 is 56.5 Å². The largest absolute Gasteiger partial charge is 0.755 e. The fourth-order valence-corrected chi connectivity index (χ4v) is 5.13. The number of nitrogens with zero attached hydrogens (tertiary/aromatic N) is 2. The van der Waals surface area contributed by atoms with Crippen molar-refractivity contribution in [3.63, 3.8) is 0 Å². The summed E-state index contributed by atoms with van der Waals surface area (Å²) in [5.74, 6) is -0.255. The third kappa shape index (κ3) is 3.89. The van der Waals surface area contributed by atoms with Gasteiger partial charge in [-0.3, -0.25) is 18.7 Å². The van der Waals surface area contributed by atoms with Crippen LogP contribution in [-0.4, -0.2) is 38.0 Å². The number of fused-ring (bicyclic) bond motifs is 1. The van der Waals surface area contributed by atoms with Gasteiger partial charge in [-0.15, -0.1) is 11.3 Å². The van der Waals surface area contributed by atoms with Crippen LogP contribution in [0, 0.1) is 5.41 Å². The van der Waals surface area contributed by atoms with E-state index in [1.165, 1.54) is 11.3 Å². The van der Waals surface area contributed by atoms with E-state index in [2.05, 4.69) is 0 Å². The molecule has 0 spiro atoms. The summed E-state index contributed by atoms with van der Waals surface area (Å²) in [6.07, 6.45) is 0.399. The zero-order chi connectivity index (χ0) is 21.4. The molecule has 1 amide bonds. The average molecular weight is 443 g/mol. The van der Waals surface area contributed by atoms with Crippen LogP contribution in [-0.2, 0) is 22.6 Å². The number of benzene rings is 2. The molecule has 1 aliphatic rings. The Hall–Kier alpha value is -2.95. The average Bonchev–Trinajstić information content (AvgIpc) is 3.31. The summed E-state index contributed by atoms with van der Waals surface area (Å²) in [5.41, 5.74) is 13.2. The third-order valence-corrected chi connectivity index (χ3v) is 6.91. The highest BCUT2D eigenvalue weighted by molar-refractivity contribution is 7.80. The van der Waals surface area contributed by atoms with Gasteiger partial charge in [-0.2, -0.15) is 0 Å². The maximum absolute atomic E-state index is 13.0. The van der Waals surface area contributed by atoms with Crippen LogP contribution in [0.2, 0.25) is 0 Å². The standard InChI is InChI=1S/C20H21N5O3S2/c21-15-3-1-14-9-16(4-2-13(14)8-15)25(30(27)28)17-5-6-24(20(17)26)10-12-7-18(19(22)23)29-11-12/h1-4,7-9,11,17H,5-6,10,21H2,(H3,22,23)(H,27,28)/p-1. The summed E-state index contributed by atoms with van der Waals surface area (Å²) in [6, 6.07) is 11.6. The molecule has 0 radical (unpaired) electrons. The molecule has 156 valence electrons. The van der Waals surface area contributed by atoms with Gasteiger partial charge in [0.1, 0.15) is 11.9 Å². The second kappa shape index (κ2) is 8.05. The monoisotopic (exact) mass is 442 g/mol. The van der Waals surface area contributed by atoms with Gasteiger partial charge in [0, 0.05) is 35.7 Å². The predicted octanol–water partition coefficient (Wildman–Crippen LogP) is 2.17. The van der Waals surface area contributed by atoms with Crippen LogP contribution < -0.4 is 15.8 Å². The van der Waals surface area contributed by atoms with E-state index < -0.39 is 17.3 Å². The third-order valence-electron chi connectivity index (χ3n) is 5.11. The number of rotatable bonds is 6. The van der Waals surface area contributed by atoms with E-state index in [-0.39, 0.29) is 11.7 Å². The molecule has 1 aliphatic heterocycles. The molecule has 2 aromatic carbocycles. The number of nitrogens with two attached hydrogens (primary N) is 2. The van der Waals surface area contributed by atoms with Gasteiger partial charge in [-0.25, -0.2) is 0 Å². The molecule has 2 atom stereocenters. The number of likely N-dealkylation sites (tertiary alicyclic amines) is 1. The first-order valence-corrected chi connectivity index (χ1v) is 11.1. The molecule has 0 saturated carbocycles. The Bertz CT molecular complexity index is 1160. The minimum atomic E-state index is -2.61. The highest BCUT2D eigenvalue weighted by Gasteiger charge is 2.37. The van der Waals surface area contributed by atoms with E-state index in [1.54, 1.807) is 35.2 Å². The fraction of sp³-hybridized carbons (Fsp3) is 0.200. The molecule has 2 heterocycles. The molecule has 5 N–H and O–H groups in total. The number of carbonyl (C=O) groups excluding carboxylic acids is 1. The van der Waals surface area contributed by atoms with Crippen molar-refractivity contribution in [1.82, 2.24) is 4.90 Å². The lowest BCUT2D eigenvalue weighted by molar-refractivity contribution is -0.129. The number of amidine groups is 1. The van der Waals surface area contributed by atoms with Crippen molar-refractivity contribution in [2.45, 2.75) is 19.0 Å². The van der Waals surface area contributed by atoms with Crippen LogP contribution in [0.4, 0.5) is 11.4 Å². The fourth-order valence-electron chi connectivity index (χ4n) is 3.68. The summed E-state index contributed by atoms with van der Waals surface area (Å²) < 4.78 is 25.3. The lowest BCUT2D eigenvalue weighted by atomic mass is 10.1. The van der Waals surface area contributed by atoms with Gasteiger partial charge in [0.15, 0.2) is 0 Å². The van der Waals surface area contributed by atoms with Crippen molar-refractivity contribution in [2.24, 2.45) is 5.73 Å². The number of nitrogen functional groups attached to an aromatic ring is 2. The van der Waals surface area contributed by atoms with Gasteiger partial charge in [0.25, 0.3) is 0 Å². The number of thiophene rings is 1. The van der Waals surface area contributed by atoms with E-state index in [0.717, 1.165) is 20.6 Å². The van der Waals surface area contributed by atoms with Gasteiger partial charge < -0.3 is 20.9 Å². The molecule has 0 bridgehead atoms. The molecule has 3 aromatic rings. The van der Waals surface area contributed by atoms with Crippen molar-refractivity contribution in [2.75, 3.05) is 16.6 Å². The van der Waals surface area contributed by atoms with Gasteiger partial charge >= 0.3 is 0 Å². The van der Waals surface area contributed by atoms with Crippen molar-refractivity contribution in [3.8, 4) is 0 Å². The molecule has 30 heavy (non-hydrogen) atoms. The molecule has 0 aliphatic carbocycles. The molecule has 1 saturated heterocycles. The van der Waals surface area contributed by atoms with Crippen LogP contribution >= 0.6 is 11.3 Å². The van der Waals surface area contributed by atoms with Crippen LogP contribution in [0.3, 0.4) is 0 Å². The number of nitrogens with one attached hydrogen (secondary N) is 1. The molecule has 4 rings (SSSR count). The summed E-state index contributed by atoms with van der Waals surface area (Å²) in [4.78, 5) is 15.3. The van der Waals surface area contributed by atoms with Crippen molar-refractivity contribution < 1.29 is 13.6 Å². The van der Waals surface area contributed by atoms with Crippen molar-refractivity contribution in [3.05, 3.63) is 58.3 Å². The smallest absolute Gasteiger partial charge is 0.246 e. The molecular weight excluding hydrogens is 422 g/mol. The molecule has 1 aromatic heterocycles. The highest BCUT2D eigenvalue weighted by atomic mass is 32.2. The summed E-state index contributed by atoms with van der Waals surface area (Å²) in [5, 5.41) is 11.1. The Kier molecular flexibility index (Phi) is 5.46. The number of hydrogen-bond donors (Lipinski definition) is 3. The molecule has 10 heteroatoms. The second-order valence-corrected chi connectivity index (χ2v) is 8.87. The zero-order valence-electron chi connectivity index (χ0n) is 15.9. The lowest BCUT2D eigenvalue weighted by Gasteiger charge is -2.31. The SMILES string of the molecule is N=C(N)c1cc(CN2CCC(N(c3ccc4cc(N)ccc4c3)S(=O)[O-])C2=O)cs1.